The summed E-state index contributed by atoms with van der Waals surface area (Å²) in [5.41, 5.74) is 0. The van der Waals surface area contributed by atoms with E-state index in [1.54, 1.807) is 0 Å². The zero-order valence-electron chi connectivity index (χ0n) is 12.8. The van der Waals surface area contributed by atoms with Crippen LogP contribution in [0.3, 0.4) is 0 Å². The van der Waals surface area contributed by atoms with Crippen molar-refractivity contribution >= 4 is 10.0 Å². The summed E-state index contributed by atoms with van der Waals surface area (Å²) in [6, 6.07) is 0.551. The largest absolute Gasteiger partial charge is 0.314 e. The van der Waals surface area contributed by atoms with Crippen LogP contribution in [0.25, 0.3) is 0 Å². The first kappa shape index (κ1) is 16.9. The molecule has 3 unspecified atom stereocenters. The highest BCUT2D eigenvalue weighted by Crippen LogP contribution is 2.28. The zero-order chi connectivity index (χ0) is 14.5. The third kappa shape index (κ3) is 6.72. The lowest BCUT2D eigenvalue weighted by Crippen LogP contribution is -2.43. The highest BCUT2D eigenvalue weighted by molar-refractivity contribution is 7.89. The zero-order valence-corrected chi connectivity index (χ0v) is 13.6. The van der Waals surface area contributed by atoms with E-state index in [-0.39, 0.29) is 11.8 Å². The predicted molar refractivity (Wildman–Crippen MR) is 80.6 cm³/mol. The Morgan fingerprint density at radius 1 is 1.21 bits per heavy atom. The predicted octanol–water partition coefficient (Wildman–Crippen LogP) is 2.12. The molecule has 5 heteroatoms. The minimum absolute atomic E-state index is 0.138. The molecule has 0 amide bonds. The van der Waals surface area contributed by atoms with Crippen molar-refractivity contribution in [1.82, 2.24) is 10.0 Å². The van der Waals surface area contributed by atoms with Gasteiger partial charge in [-0.15, -0.1) is 0 Å². The third-order valence-electron chi connectivity index (χ3n) is 3.90. The highest BCUT2D eigenvalue weighted by atomic mass is 32.2. The number of rotatable bonds is 7. The summed E-state index contributed by atoms with van der Waals surface area (Å²) in [4.78, 5) is 0. The van der Waals surface area contributed by atoms with E-state index in [9.17, 15) is 8.42 Å². The minimum atomic E-state index is -3.12. The van der Waals surface area contributed by atoms with E-state index in [0.717, 1.165) is 31.7 Å². The molecule has 0 aliphatic heterocycles. The van der Waals surface area contributed by atoms with Gasteiger partial charge in [-0.05, 0) is 44.1 Å². The monoisotopic (exact) mass is 290 g/mol. The van der Waals surface area contributed by atoms with E-state index in [1.807, 2.05) is 0 Å². The van der Waals surface area contributed by atoms with E-state index < -0.39 is 10.0 Å². The van der Waals surface area contributed by atoms with Crippen molar-refractivity contribution in [3.05, 3.63) is 0 Å². The van der Waals surface area contributed by atoms with E-state index in [2.05, 4.69) is 37.7 Å². The standard InChI is InChI=1S/C14H30N2O2S/c1-11(2)15-8-5-9-19(17,18)16-14-7-6-12(3)10-13(14)4/h11-16H,5-10H2,1-4H3. The summed E-state index contributed by atoms with van der Waals surface area (Å²) >= 11 is 0. The quantitative estimate of drug-likeness (QED) is 0.706. The van der Waals surface area contributed by atoms with Gasteiger partial charge in [-0.2, -0.15) is 0 Å². The molecule has 0 heterocycles. The van der Waals surface area contributed by atoms with Crippen molar-refractivity contribution in [2.24, 2.45) is 11.8 Å². The van der Waals surface area contributed by atoms with Crippen LogP contribution in [0, 0.1) is 11.8 Å². The Balaban J connectivity index is 2.33. The Hall–Kier alpha value is -0.130. The maximum absolute atomic E-state index is 12.0. The molecule has 0 aromatic heterocycles. The first-order valence-electron chi connectivity index (χ1n) is 7.53. The van der Waals surface area contributed by atoms with E-state index in [4.69, 9.17) is 0 Å². The van der Waals surface area contributed by atoms with Crippen LogP contribution in [0.15, 0.2) is 0 Å². The van der Waals surface area contributed by atoms with Crippen molar-refractivity contribution < 1.29 is 8.42 Å². The summed E-state index contributed by atoms with van der Waals surface area (Å²) in [7, 11) is -3.12. The van der Waals surface area contributed by atoms with Crippen molar-refractivity contribution in [3.63, 3.8) is 0 Å². The molecule has 19 heavy (non-hydrogen) atoms. The van der Waals surface area contributed by atoms with E-state index in [0.29, 0.717) is 18.4 Å². The summed E-state index contributed by atoms with van der Waals surface area (Å²) in [5, 5.41) is 3.24. The lowest BCUT2D eigenvalue weighted by Gasteiger charge is -2.32. The lowest BCUT2D eigenvalue weighted by atomic mass is 9.80. The fourth-order valence-electron chi connectivity index (χ4n) is 2.78. The van der Waals surface area contributed by atoms with Crippen LogP contribution in [-0.2, 0) is 10.0 Å². The Morgan fingerprint density at radius 2 is 1.89 bits per heavy atom. The van der Waals surface area contributed by atoms with Gasteiger partial charge in [-0.3, -0.25) is 0 Å². The van der Waals surface area contributed by atoms with Gasteiger partial charge in [0.1, 0.15) is 0 Å². The second kappa shape index (κ2) is 7.60. The summed E-state index contributed by atoms with van der Waals surface area (Å²) in [6.07, 6.45) is 3.91. The number of hydrogen-bond donors (Lipinski definition) is 2. The number of sulfonamides is 1. The fraction of sp³-hybridized carbons (Fsp3) is 1.00. The average Bonchev–Trinajstić information content (AvgIpc) is 2.28. The van der Waals surface area contributed by atoms with E-state index >= 15 is 0 Å². The van der Waals surface area contributed by atoms with Gasteiger partial charge in [0.25, 0.3) is 0 Å². The first-order valence-corrected chi connectivity index (χ1v) is 9.19. The van der Waals surface area contributed by atoms with Gasteiger partial charge in [0.2, 0.25) is 10.0 Å². The van der Waals surface area contributed by atoms with Crippen molar-refractivity contribution in [3.8, 4) is 0 Å². The van der Waals surface area contributed by atoms with Crippen LogP contribution < -0.4 is 10.0 Å². The van der Waals surface area contributed by atoms with Crippen LogP contribution in [0.1, 0.15) is 53.4 Å². The van der Waals surface area contributed by atoms with Gasteiger partial charge < -0.3 is 5.32 Å². The average molecular weight is 290 g/mol. The first-order chi connectivity index (χ1) is 8.80. The Bertz CT molecular complexity index is 354. The van der Waals surface area contributed by atoms with Gasteiger partial charge in [-0.1, -0.05) is 27.7 Å². The molecule has 0 radical (unpaired) electrons. The minimum Gasteiger partial charge on any atom is -0.314 e. The molecule has 0 saturated heterocycles. The topological polar surface area (TPSA) is 58.2 Å². The normalized spacial score (nSPS) is 28.8. The lowest BCUT2D eigenvalue weighted by molar-refractivity contribution is 0.249. The van der Waals surface area contributed by atoms with Crippen LogP contribution in [-0.4, -0.2) is 32.8 Å². The maximum Gasteiger partial charge on any atom is 0.211 e. The molecule has 1 fully saturated rings. The smallest absolute Gasteiger partial charge is 0.211 e. The molecular formula is C14H30N2O2S. The summed E-state index contributed by atoms with van der Waals surface area (Å²) in [5.74, 6) is 1.41. The maximum atomic E-state index is 12.0. The van der Waals surface area contributed by atoms with E-state index in [1.165, 1.54) is 0 Å². The highest BCUT2D eigenvalue weighted by Gasteiger charge is 2.28. The second-order valence-corrected chi connectivity index (χ2v) is 8.27. The molecule has 0 bridgehead atoms. The van der Waals surface area contributed by atoms with Crippen LogP contribution in [0.4, 0.5) is 0 Å². The molecule has 0 aromatic carbocycles. The Labute approximate surface area is 118 Å². The van der Waals surface area contributed by atoms with Crippen LogP contribution in [0.2, 0.25) is 0 Å². The molecule has 114 valence electrons. The fourth-order valence-corrected chi connectivity index (χ4v) is 4.24. The molecular weight excluding hydrogens is 260 g/mol. The van der Waals surface area contributed by atoms with Gasteiger partial charge in [0.05, 0.1) is 5.75 Å². The van der Waals surface area contributed by atoms with Gasteiger partial charge in [-0.25, -0.2) is 13.1 Å². The number of nitrogens with one attached hydrogen (secondary N) is 2. The van der Waals surface area contributed by atoms with Crippen LogP contribution >= 0.6 is 0 Å². The van der Waals surface area contributed by atoms with Crippen LogP contribution in [0.5, 0.6) is 0 Å². The molecule has 1 rings (SSSR count). The molecule has 1 aliphatic rings. The second-order valence-electron chi connectivity index (χ2n) is 6.40. The third-order valence-corrected chi connectivity index (χ3v) is 5.39. The summed E-state index contributed by atoms with van der Waals surface area (Å²) < 4.78 is 27.0. The molecule has 3 atom stereocenters. The van der Waals surface area contributed by atoms with Gasteiger partial charge in [0, 0.05) is 12.1 Å². The number of hydrogen-bond acceptors (Lipinski definition) is 3. The molecule has 0 aromatic rings. The summed E-state index contributed by atoms with van der Waals surface area (Å²) in [6.45, 7) is 9.30. The Morgan fingerprint density at radius 3 is 2.47 bits per heavy atom. The van der Waals surface area contributed by atoms with Crippen molar-refractivity contribution in [1.29, 1.82) is 0 Å². The molecule has 2 N–H and O–H groups in total. The molecule has 4 nitrogen and oxygen atoms in total. The van der Waals surface area contributed by atoms with Gasteiger partial charge >= 0.3 is 0 Å². The molecule has 0 spiro atoms. The molecule has 1 saturated carbocycles. The molecule has 1 aliphatic carbocycles. The van der Waals surface area contributed by atoms with Crippen molar-refractivity contribution in [2.45, 2.75) is 65.5 Å². The SMILES string of the molecule is CC1CCC(NS(=O)(=O)CCCNC(C)C)C(C)C1. The van der Waals surface area contributed by atoms with Crippen molar-refractivity contribution in [2.75, 3.05) is 12.3 Å². The Kier molecular flexibility index (Phi) is 6.77. The van der Waals surface area contributed by atoms with Gasteiger partial charge in [0.15, 0.2) is 0 Å².